The highest BCUT2D eigenvalue weighted by Gasteiger charge is 2.22. The van der Waals surface area contributed by atoms with Gasteiger partial charge in [-0.05, 0) is 54.4 Å². The maximum atomic E-state index is 11.8. The molecule has 0 aromatic heterocycles. The van der Waals surface area contributed by atoms with Crippen molar-refractivity contribution in [2.24, 2.45) is 0 Å². The quantitative estimate of drug-likeness (QED) is 0.540. The van der Waals surface area contributed by atoms with Gasteiger partial charge in [-0.2, -0.15) is 0 Å². The zero-order valence-electron chi connectivity index (χ0n) is 14.8. The van der Waals surface area contributed by atoms with E-state index in [0.29, 0.717) is 10.8 Å². The third-order valence-corrected chi connectivity index (χ3v) is 5.58. The summed E-state index contributed by atoms with van der Waals surface area (Å²) in [4.78, 5) is 13.9. The van der Waals surface area contributed by atoms with E-state index < -0.39 is 12.1 Å². The lowest BCUT2D eigenvalue weighted by Crippen LogP contribution is -2.29. The minimum absolute atomic E-state index is 0.271. The molecule has 5 heteroatoms. The number of hydrogen-bond donors (Lipinski definition) is 1. The molecule has 3 aromatic rings. The van der Waals surface area contributed by atoms with Crippen LogP contribution in [0.3, 0.4) is 0 Å². The molecule has 0 spiro atoms. The number of carbonyl (C=O) groups is 1. The maximum Gasteiger partial charge on any atom is 0.345 e. The van der Waals surface area contributed by atoms with Crippen LogP contribution in [-0.2, 0) is 11.2 Å². The summed E-state index contributed by atoms with van der Waals surface area (Å²) in [6.45, 7) is 1.86. The van der Waals surface area contributed by atoms with Gasteiger partial charge in [-0.1, -0.05) is 59.8 Å². The van der Waals surface area contributed by atoms with E-state index in [-0.39, 0.29) is 6.42 Å². The van der Waals surface area contributed by atoms with Gasteiger partial charge in [0.15, 0.2) is 6.10 Å². The number of rotatable bonds is 7. The van der Waals surface area contributed by atoms with Gasteiger partial charge in [0.2, 0.25) is 0 Å². The van der Waals surface area contributed by atoms with Gasteiger partial charge in [-0.25, -0.2) is 4.79 Å². The maximum absolute atomic E-state index is 11.8. The molecule has 0 saturated heterocycles. The third kappa shape index (κ3) is 5.28. The summed E-state index contributed by atoms with van der Waals surface area (Å²) >= 11 is 7.65. The second kappa shape index (κ2) is 8.98. The van der Waals surface area contributed by atoms with Crippen molar-refractivity contribution in [2.45, 2.75) is 29.2 Å². The molecule has 0 aliphatic carbocycles. The van der Waals surface area contributed by atoms with Crippen LogP contribution in [0.1, 0.15) is 11.1 Å². The van der Waals surface area contributed by atoms with Gasteiger partial charge < -0.3 is 9.84 Å². The number of carboxylic acids is 1. The SMILES string of the molecule is Cc1cc(O[C@@H](Cc2ccccc2Sc2ccccc2)C(=O)O)ccc1Cl. The van der Waals surface area contributed by atoms with Gasteiger partial charge in [-0.15, -0.1) is 0 Å². The Morgan fingerprint density at radius 3 is 2.48 bits per heavy atom. The molecule has 0 unspecified atom stereocenters. The molecular weight excluding hydrogens is 380 g/mol. The fraction of sp³-hybridized carbons (Fsp3) is 0.136. The summed E-state index contributed by atoms with van der Waals surface area (Å²) in [6, 6.07) is 23.0. The standard InChI is InChI=1S/C22H19ClO3S/c1-15-13-17(11-12-19(15)23)26-20(22(24)25)14-16-7-5-6-10-21(16)27-18-8-3-2-4-9-18/h2-13,20H,14H2,1H3,(H,24,25)/t20-/m0/s1. The first kappa shape index (κ1) is 19.3. The van der Waals surface area contributed by atoms with Crippen molar-refractivity contribution < 1.29 is 14.6 Å². The van der Waals surface area contributed by atoms with Crippen LogP contribution < -0.4 is 4.74 Å². The van der Waals surface area contributed by atoms with Crippen molar-refractivity contribution in [3.05, 3.63) is 88.9 Å². The van der Waals surface area contributed by atoms with Gasteiger partial charge >= 0.3 is 5.97 Å². The monoisotopic (exact) mass is 398 g/mol. The van der Waals surface area contributed by atoms with Crippen LogP contribution in [0.5, 0.6) is 5.75 Å². The smallest absolute Gasteiger partial charge is 0.345 e. The first-order valence-electron chi connectivity index (χ1n) is 8.49. The van der Waals surface area contributed by atoms with Crippen LogP contribution in [-0.4, -0.2) is 17.2 Å². The van der Waals surface area contributed by atoms with Crippen LogP contribution in [0.4, 0.5) is 0 Å². The van der Waals surface area contributed by atoms with E-state index in [2.05, 4.69) is 0 Å². The zero-order valence-corrected chi connectivity index (χ0v) is 16.3. The number of carboxylic acid groups (broad SMARTS) is 1. The Morgan fingerprint density at radius 2 is 1.78 bits per heavy atom. The van der Waals surface area contributed by atoms with Crippen molar-refractivity contribution in [2.75, 3.05) is 0 Å². The Balaban J connectivity index is 1.80. The summed E-state index contributed by atoms with van der Waals surface area (Å²) in [5.41, 5.74) is 1.78. The summed E-state index contributed by atoms with van der Waals surface area (Å²) in [6.07, 6.45) is -0.712. The molecule has 1 N–H and O–H groups in total. The van der Waals surface area contributed by atoms with E-state index in [1.54, 1.807) is 30.0 Å². The molecule has 27 heavy (non-hydrogen) atoms. The fourth-order valence-electron chi connectivity index (χ4n) is 2.62. The summed E-state index contributed by atoms with van der Waals surface area (Å²) in [5, 5.41) is 10.3. The zero-order chi connectivity index (χ0) is 19.2. The van der Waals surface area contributed by atoms with Crippen LogP contribution in [0.15, 0.2) is 82.6 Å². The Bertz CT molecular complexity index is 928. The number of ether oxygens (including phenoxy) is 1. The number of benzene rings is 3. The molecule has 0 heterocycles. The van der Waals surface area contributed by atoms with Crippen LogP contribution in [0.2, 0.25) is 5.02 Å². The number of aryl methyl sites for hydroxylation is 1. The average Bonchev–Trinajstić information content (AvgIpc) is 2.66. The number of hydrogen-bond acceptors (Lipinski definition) is 3. The molecule has 0 aliphatic rings. The highest BCUT2D eigenvalue weighted by atomic mass is 35.5. The van der Waals surface area contributed by atoms with Gasteiger partial charge in [0.1, 0.15) is 5.75 Å². The van der Waals surface area contributed by atoms with E-state index in [9.17, 15) is 9.90 Å². The van der Waals surface area contributed by atoms with Gasteiger partial charge in [0, 0.05) is 21.2 Å². The molecule has 3 aromatic carbocycles. The predicted molar refractivity (Wildman–Crippen MR) is 109 cm³/mol. The molecule has 0 bridgehead atoms. The molecule has 0 amide bonds. The minimum Gasteiger partial charge on any atom is -0.478 e. The predicted octanol–water partition coefficient (Wildman–Crippen LogP) is 5.87. The first-order chi connectivity index (χ1) is 13.0. The topological polar surface area (TPSA) is 46.5 Å². The van der Waals surface area contributed by atoms with Crippen LogP contribution in [0.25, 0.3) is 0 Å². The van der Waals surface area contributed by atoms with Crippen molar-refractivity contribution in [3.8, 4) is 5.75 Å². The Kier molecular flexibility index (Phi) is 6.43. The fourth-order valence-corrected chi connectivity index (χ4v) is 3.72. The summed E-state index contributed by atoms with van der Waals surface area (Å²) in [7, 11) is 0. The van der Waals surface area contributed by atoms with Gasteiger partial charge in [0.05, 0.1) is 0 Å². The lowest BCUT2D eigenvalue weighted by Gasteiger charge is -2.17. The number of aliphatic carboxylic acids is 1. The first-order valence-corrected chi connectivity index (χ1v) is 9.69. The van der Waals surface area contributed by atoms with Crippen molar-refractivity contribution in [1.29, 1.82) is 0 Å². The molecule has 3 rings (SSSR count). The summed E-state index contributed by atoms with van der Waals surface area (Å²) in [5.74, 6) is -0.500. The van der Waals surface area contributed by atoms with Gasteiger partial charge in [-0.3, -0.25) is 0 Å². The van der Waals surface area contributed by atoms with Gasteiger partial charge in [0.25, 0.3) is 0 Å². The lowest BCUT2D eigenvalue weighted by atomic mass is 10.1. The average molecular weight is 399 g/mol. The second-order valence-electron chi connectivity index (χ2n) is 6.08. The molecular formula is C22H19ClO3S. The third-order valence-electron chi connectivity index (χ3n) is 4.03. The highest BCUT2D eigenvalue weighted by Crippen LogP contribution is 2.31. The minimum atomic E-state index is -0.998. The Morgan fingerprint density at radius 1 is 1.07 bits per heavy atom. The van der Waals surface area contributed by atoms with E-state index in [0.717, 1.165) is 20.9 Å². The van der Waals surface area contributed by atoms with E-state index >= 15 is 0 Å². The van der Waals surface area contributed by atoms with E-state index in [1.807, 2.05) is 61.5 Å². The van der Waals surface area contributed by atoms with Crippen molar-refractivity contribution in [1.82, 2.24) is 0 Å². The largest absolute Gasteiger partial charge is 0.478 e. The van der Waals surface area contributed by atoms with Crippen LogP contribution in [0, 0.1) is 6.92 Å². The Hall–Kier alpha value is -2.43. The molecule has 0 radical (unpaired) electrons. The summed E-state index contributed by atoms with van der Waals surface area (Å²) < 4.78 is 5.75. The lowest BCUT2D eigenvalue weighted by molar-refractivity contribution is -0.145. The highest BCUT2D eigenvalue weighted by molar-refractivity contribution is 7.99. The van der Waals surface area contributed by atoms with Crippen molar-refractivity contribution >= 4 is 29.3 Å². The van der Waals surface area contributed by atoms with E-state index in [1.165, 1.54) is 0 Å². The molecule has 1 atom stereocenters. The Labute approximate surface area is 168 Å². The molecule has 0 fully saturated rings. The van der Waals surface area contributed by atoms with Crippen LogP contribution >= 0.6 is 23.4 Å². The normalized spacial score (nSPS) is 11.8. The molecule has 138 valence electrons. The second-order valence-corrected chi connectivity index (χ2v) is 7.61. The number of halogens is 1. The molecule has 0 aliphatic heterocycles. The van der Waals surface area contributed by atoms with E-state index in [4.69, 9.17) is 16.3 Å². The van der Waals surface area contributed by atoms with Crippen molar-refractivity contribution in [3.63, 3.8) is 0 Å². The molecule has 3 nitrogen and oxygen atoms in total. The molecule has 0 saturated carbocycles.